The van der Waals surface area contributed by atoms with E-state index in [0.29, 0.717) is 11.9 Å². The summed E-state index contributed by atoms with van der Waals surface area (Å²) < 4.78 is 5.36. The topological polar surface area (TPSA) is 66.0 Å². The Bertz CT molecular complexity index is 513. The quantitative estimate of drug-likeness (QED) is 0.230. The summed E-state index contributed by atoms with van der Waals surface area (Å²) in [6.07, 6.45) is 8.06. The first kappa shape index (κ1) is 25.2. The molecule has 2 aliphatic rings. The van der Waals surface area contributed by atoms with Gasteiger partial charge in [-0.3, -0.25) is 9.79 Å². The van der Waals surface area contributed by atoms with Crippen molar-refractivity contribution in [3.63, 3.8) is 0 Å². The minimum Gasteiger partial charge on any atom is -0.377 e. The van der Waals surface area contributed by atoms with Crippen molar-refractivity contribution in [2.75, 3.05) is 39.4 Å². The number of halogens is 1. The first-order valence-corrected chi connectivity index (χ1v) is 10.8. The lowest BCUT2D eigenvalue weighted by Crippen LogP contribution is -2.50. The van der Waals surface area contributed by atoms with Crippen LogP contribution in [0.1, 0.15) is 59.3 Å². The van der Waals surface area contributed by atoms with E-state index in [0.717, 1.165) is 83.9 Å². The fourth-order valence-electron chi connectivity index (χ4n) is 3.76. The lowest BCUT2D eigenvalue weighted by molar-refractivity contribution is -0.136. The van der Waals surface area contributed by atoms with E-state index in [-0.39, 0.29) is 29.9 Å². The number of carbonyl (C=O) groups excluding carboxylic acids is 1. The molecule has 0 radical (unpaired) electrons. The van der Waals surface area contributed by atoms with Crippen LogP contribution in [0.15, 0.2) is 16.6 Å². The molecule has 2 rings (SSSR count). The number of hydrogen-bond acceptors (Lipinski definition) is 3. The van der Waals surface area contributed by atoms with Crippen molar-refractivity contribution in [1.82, 2.24) is 15.5 Å². The van der Waals surface area contributed by atoms with Crippen LogP contribution in [0.5, 0.6) is 0 Å². The number of aliphatic imine (C=N–C) groups is 1. The van der Waals surface area contributed by atoms with Gasteiger partial charge in [0.15, 0.2) is 5.96 Å². The minimum atomic E-state index is 0. The van der Waals surface area contributed by atoms with Gasteiger partial charge < -0.3 is 20.3 Å². The van der Waals surface area contributed by atoms with Gasteiger partial charge in [-0.1, -0.05) is 25.5 Å². The zero-order valence-electron chi connectivity index (χ0n) is 17.8. The number of ether oxygens (including phenoxy) is 1. The molecule has 2 N–H and O–H groups in total. The first-order chi connectivity index (χ1) is 13.2. The molecule has 0 aromatic carbocycles. The summed E-state index contributed by atoms with van der Waals surface area (Å²) in [6, 6.07) is 0.385. The molecule has 6 nitrogen and oxygen atoms in total. The summed E-state index contributed by atoms with van der Waals surface area (Å²) in [5.74, 6) is 1.42. The largest absolute Gasteiger partial charge is 0.377 e. The highest BCUT2D eigenvalue weighted by atomic mass is 127. The Morgan fingerprint density at radius 3 is 2.57 bits per heavy atom. The van der Waals surface area contributed by atoms with Crippen molar-refractivity contribution in [1.29, 1.82) is 0 Å². The highest BCUT2D eigenvalue weighted by Gasteiger charge is 2.26. The van der Waals surface area contributed by atoms with Crippen molar-refractivity contribution < 1.29 is 9.53 Å². The summed E-state index contributed by atoms with van der Waals surface area (Å²) >= 11 is 0. The number of piperidine rings is 1. The maximum atomic E-state index is 12.5. The molecule has 0 spiro atoms. The molecule has 162 valence electrons. The molecule has 7 heteroatoms. The summed E-state index contributed by atoms with van der Waals surface area (Å²) in [5.41, 5.74) is 1.45. The summed E-state index contributed by atoms with van der Waals surface area (Å²) in [4.78, 5) is 19.3. The zero-order chi connectivity index (χ0) is 19.5. The number of likely N-dealkylation sites (tertiary alicyclic amines) is 1. The Morgan fingerprint density at radius 2 is 2.00 bits per heavy atom. The first-order valence-electron chi connectivity index (χ1n) is 10.8. The average Bonchev–Trinajstić information content (AvgIpc) is 2.70. The predicted octanol–water partition coefficient (Wildman–Crippen LogP) is 3.32. The van der Waals surface area contributed by atoms with E-state index in [1.54, 1.807) is 0 Å². The van der Waals surface area contributed by atoms with Crippen LogP contribution in [0.3, 0.4) is 0 Å². The van der Waals surface area contributed by atoms with Crippen LogP contribution in [0, 0.1) is 5.92 Å². The predicted molar refractivity (Wildman–Crippen MR) is 126 cm³/mol. The smallest absolute Gasteiger partial charge is 0.225 e. The number of hydrogen-bond donors (Lipinski definition) is 2. The van der Waals surface area contributed by atoms with Crippen molar-refractivity contribution in [2.45, 2.75) is 65.3 Å². The third kappa shape index (κ3) is 8.27. The van der Waals surface area contributed by atoms with E-state index in [1.165, 1.54) is 5.57 Å². The van der Waals surface area contributed by atoms with E-state index >= 15 is 0 Å². The van der Waals surface area contributed by atoms with Gasteiger partial charge in [0.05, 0.1) is 13.2 Å². The van der Waals surface area contributed by atoms with E-state index in [1.807, 2.05) is 0 Å². The van der Waals surface area contributed by atoms with E-state index < -0.39 is 0 Å². The van der Waals surface area contributed by atoms with Gasteiger partial charge in [0.25, 0.3) is 0 Å². The van der Waals surface area contributed by atoms with Gasteiger partial charge in [0.2, 0.25) is 5.91 Å². The molecule has 0 aromatic rings. The molecule has 1 fully saturated rings. The molecular weight excluding hydrogens is 467 g/mol. The van der Waals surface area contributed by atoms with Gasteiger partial charge in [-0.05, 0) is 45.4 Å². The van der Waals surface area contributed by atoms with Gasteiger partial charge in [0, 0.05) is 38.1 Å². The molecule has 0 saturated carbocycles. The molecular formula is C21H39IN4O2. The van der Waals surface area contributed by atoms with Gasteiger partial charge >= 0.3 is 0 Å². The van der Waals surface area contributed by atoms with Crippen molar-refractivity contribution in [3.8, 4) is 0 Å². The molecule has 28 heavy (non-hydrogen) atoms. The van der Waals surface area contributed by atoms with E-state index in [9.17, 15) is 4.79 Å². The number of nitrogens with zero attached hydrogens (tertiary/aromatic N) is 2. The molecule has 0 unspecified atom stereocenters. The molecule has 1 saturated heterocycles. The number of guanidine groups is 1. The third-order valence-electron chi connectivity index (χ3n) is 5.59. The van der Waals surface area contributed by atoms with Gasteiger partial charge in [-0.2, -0.15) is 0 Å². The standard InChI is InChI=1S/C21H38N4O2.HI/c1-4-18(5-2)20(26)25-13-8-19(9-14-25)24-21(22-6-3)23-12-7-17-10-15-27-16-11-17;/h10,18-19H,4-9,11-16H2,1-3H3,(H2,22,23,24);1H. The second-order valence-corrected chi connectivity index (χ2v) is 7.46. The van der Waals surface area contributed by atoms with Crippen LogP contribution in [-0.2, 0) is 9.53 Å². The van der Waals surface area contributed by atoms with Crippen LogP contribution in [0.4, 0.5) is 0 Å². The van der Waals surface area contributed by atoms with Crippen LogP contribution in [0.2, 0.25) is 0 Å². The molecule has 2 heterocycles. The summed E-state index contributed by atoms with van der Waals surface area (Å²) in [6.45, 7) is 11.2. The maximum absolute atomic E-state index is 12.5. The Kier molecular flexibility index (Phi) is 12.8. The van der Waals surface area contributed by atoms with Gasteiger partial charge in [-0.25, -0.2) is 0 Å². The fourth-order valence-corrected chi connectivity index (χ4v) is 3.76. The minimum absolute atomic E-state index is 0. The number of nitrogens with one attached hydrogen (secondary N) is 2. The van der Waals surface area contributed by atoms with Crippen molar-refractivity contribution >= 4 is 35.8 Å². The van der Waals surface area contributed by atoms with E-state index in [4.69, 9.17) is 9.73 Å². The lowest BCUT2D eigenvalue weighted by atomic mass is 9.98. The zero-order valence-corrected chi connectivity index (χ0v) is 20.2. The second-order valence-electron chi connectivity index (χ2n) is 7.46. The SMILES string of the molecule is CCNC(=NCCC1=CCOCC1)NC1CCN(C(=O)C(CC)CC)CC1.I. The molecule has 2 aliphatic heterocycles. The molecule has 1 amide bonds. The fraction of sp³-hybridized carbons (Fsp3) is 0.810. The maximum Gasteiger partial charge on any atom is 0.225 e. The third-order valence-corrected chi connectivity index (χ3v) is 5.59. The van der Waals surface area contributed by atoms with Crippen LogP contribution >= 0.6 is 24.0 Å². The Hall–Kier alpha value is -0.830. The van der Waals surface area contributed by atoms with Crippen LogP contribution in [-0.4, -0.2) is 62.2 Å². The van der Waals surface area contributed by atoms with Crippen molar-refractivity contribution in [2.24, 2.45) is 10.9 Å². The van der Waals surface area contributed by atoms with Crippen LogP contribution < -0.4 is 10.6 Å². The Labute approximate surface area is 188 Å². The molecule has 0 atom stereocenters. The van der Waals surface area contributed by atoms with Gasteiger partial charge in [0.1, 0.15) is 0 Å². The highest BCUT2D eigenvalue weighted by molar-refractivity contribution is 14.0. The summed E-state index contributed by atoms with van der Waals surface area (Å²) in [7, 11) is 0. The van der Waals surface area contributed by atoms with Gasteiger partial charge in [-0.15, -0.1) is 24.0 Å². The summed E-state index contributed by atoms with van der Waals surface area (Å²) in [5, 5.41) is 6.92. The van der Waals surface area contributed by atoms with Crippen molar-refractivity contribution in [3.05, 3.63) is 11.6 Å². The number of amides is 1. The lowest BCUT2D eigenvalue weighted by Gasteiger charge is -2.34. The monoisotopic (exact) mass is 506 g/mol. The Balaban J connectivity index is 0.00000392. The highest BCUT2D eigenvalue weighted by Crippen LogP contribution is 2.17. The second kappa shape index (κ2) is 14.2. The van der Waals surface area contributed by atoms with E-state index in [2.05, 4.69) is 42.4 Å². The number of carbonyl (C=O) groups is 1. The van der Waals surface area contributed by atoms with Crippen LogP contribution in [0.25, 0.3) is 0 Å². The normalized spacial score (nSPS) is 18.5. The molecule has 0 bridgehead atoms. The Morgan fingerprint density at radius 1 is 1.29 bits per heavy atom. The molecule has 0 aromatic heterocycles. The number of rotatable bonds is 8. The average molecular weight is 506 g/mol. The molecule has 0 aliphatic carbocycles.